The average Bonchev–Trinajstić information content (AvgIpc) is 3.53. The second-order valence-electron chi connectivity index (χ2n) is 16.4. The highest BCUT2D eigenvalue weighted by molar-refractivity contribution is 6.13. The summed E-state index contributed by atoms with van der Waals surface area (Å²) in [5.74, 6) is 1.81. The molecule has 284 valence electrons. The molecule has 60 heavy (non-hydrogen) atoms. The molecule has 0 radical (unpaired) electrons. The van der Waals surface area contributed by atoms with Crippen molar-refractivity contribution in [1.29, 1.82) is 0 Å². The summed E-state index contributed by atoms with van der Waals surface area (Å²) >= 11 is 0. The number of fused-ring (bicyclic) bond motifs is 8. The predicted molar refractivity (Wildman–Crippen MR) is 252 cm³/mol. The molecule has 0 unspecified atom stereocenters. The third-order valence-corrected chi connectivity index (χ3v) is 12.5. The fourth-order valence-electron chi connectivity index (χ4n) is 9.55. The highest BCUT2D eigenvalue weighted by atomic mass is 15.0. The molecule has 0 atom stereocenters. The SMILES string of the molecule is C=C1/C=C\C=C/Cc2ccccc2/C=C\1c1nc(-c2cccc3c(-c4cccc5c4-c4ccccc4C5(C)C)cccc23)nc(-c2cc3ccccc3c3ccccc23)n1. The molecule has 2 aliphatic rings. The Morgan fingerprint density at radius 3 is 1.93 bits per heavy atom. The van der Waals surface area contributed by atoms with E-state index in [4.69, 9.17) is 15.0 Å². The van der Waals surface area contributed by atoms with E-state index in [0.29, 0.717) is 17.5 Å². The topological polar surface area (TPSA) is 38.7 Å². The van der Waals surface area contributed by atoms with Crippen molar-refractivity contribution in [2.45, 2.75) is 25.7 Å². The van der Waals surface area contributed by atoms with Gasteiger partial charge in [-0.3, -0.25) is 0 Å². The van der Waals surface area contributed by atoms with Crippen LogP contribution in [0.25, 0.3) is 89.0 Å². The van der Waals surface area contributed by atoms with E-state index in [0.717, 1.165) is 61.2 Å². The van der Waals surface area contributed by atoms with Crippen LogP contribution in [0, 0.1) is 0 Å². The van der Waals surface area contributed by atoms with Gasteiger partial charge in [0.15, 0.2) is 17.5 Å². The first kappa shape index (κ1) is 35.7. The van der Waals surface area contributed by atoms with E-state index in [-0.39, 0.29) is 5.41 Å². The molecule has 0 aliphatic heterocycles. The van der Waals surface area contributed by atoms with Crippen LogP contribution in [0.4, 0.5) is 0 Å². The van der Waals surface area contributed by atoms with Gasteiger partial charge in [-0.1, -0.05) is 196 Å². The molecule has 9 aromatic rings. The molecule has 0 N–H and O–H groups in total. The van der Waals surface area contributed by atoms with Gasteiger partial charge >= 0.3 is 0 Å². The first-order valence-electron chi connectivity index (χ1n) is 20.7. The number of nitrogens with zero attached hydrogens (tertiary/aromatic N) is 3. The molecule has 0 bridgehead atoms. The molecule has 0 amide bonds. The summed E-state index contributed by atoms with van der Waals surface area (Å²) in [6.07, 6.45) is 11.4. The lowest BCUT2D eigenvalue weighted by atomic mass is 9.82. The quantitative estimate of drug-likeness (QED) is 0.167. The van der Waals surface area contributed by atoms with Crippen molar-refractivity contribution in [3.63, 3.8) is 0 Å². The fraction of sp³-hybridized carbons (Fsp3) is 0.0702. The van der Waals surface area contributed by atoms with Gasteiger partial charge in [0.25, 0.3) is 0 Å². The van der Waals surface area contributed by atoms with E-state index in [1.807, 2.05) is 6.08 Å². The summed E-state index contributed by atoms with van der Waals surface area (Å²) < 4.78 is 0. The van der Waals surface area contributed by atoms with Gasteiger partial charge in [0.2, 0.25) is 0 Å². The number of benzene rings is 8. The van der Waals surface area contributed by atoms with Crippen LogP contribution < -0.4 is 0 Å². The Morgan fingerprint density at radius 2 is 1.07 bits per heavy atom. The van der Waals surface area contributed by atoms with Crippen molar-refractivity contribution in [3.05, 3.63) is 222 Å². The van der Waals surface area contributed by atoms with Gasteiger partial charge in [-0.15, -0.1) is 0 Å². The predicted octanol–water partition coefficient (Wildman–Crippen LogP) is 14.4. The van der Waals surface area contributed by atoms with Gasteiger partial charge in [0.05, 0.1) is 0 Å². The minimum Gasteiger partial charge on any atom is -0.208 e. The lowest BCUT2D eigenvalue weighted by molar-refractivity contribution is 0.660. The van der Waals surface area contributed by atoms with E-state index in [9.17, 15) is 0 Å². The van der Waals surface area contributed by atoms with Crippen molar-refractivity contribution >= 4 is 44.0 Å². The number of allylic oxidation sites excluding steroid dienone is 6. The number of aromatic nitrogens is 3. The standard InChI is InChI=1S/C57H41N3/c1-36-18-5-4-6-19-37-20-7-8-21-38(37)34-49(36)55-58-54(59-56(60-55)50-35-39-22-9-10-23-40(39)41-24-11-12-25-45(41)50)47-31-16-27-42-43(28-15-29-44(42)47)46-30-17-33-52-53(46)48-26-13-14-32-51(48)57(52,2)3/h4-18,20-35H,1,19H2,2-3H3/b6-4-,18-5-,49-34+. The second kappa shape index (κ2) is 14.1. The van der Waals surface area contributed by atoms with E-state index < -0.39 is 0 Å². The van der Waals surface area contributed by atoms with Crippen LogP contribution in [0.3, 0.4) is 0 Å². The van der Waals surface area contributed by atoms with Gasteiger partial charge < -0.3 is 0 Å². The molecule has 3 nitrogen and oxygen atoms in total. The maximum absolute atomic E-state index is 5.42. The van der Waals surface area contributed by atoms with Gasteiger partial charge in [-0.2, -0.15) is 0 Å². The zero-order valence-corrected chi connectivity index (χ0v) is 33.7. The van der Waals surface area contributed by atoms with E-state index in [1.54, 1.807) is 0 Å². The third-order valence-electron chi connectivity index (χ3n) is 12.5. The zero-order chi connectivity index (χ0) is 40.4. The molecule has 1 aromatic heterocycles. The van der Waals surface area contributed by atoms with E-state index >= 15 is 0 Å². The first-order chi connectivity index (χ1) is 29.4. The monoisotopic (exact) mass is 767 g/mol. The minimum absolute atomic E-state index is 0.0951. The number of rotatable bonds is 4. The van der Waals surface area contributed by atoms with Crippen LogP contribution in [-0.2, 0) is 11.8 Å². The van der Waals surface area contributed by atoms with Crippen LogP contribution in [0.2, 0.25) is 0 Å². The third kappa shape index (κ3) is 5.77. The van der Waals surface area contributed by atoms with Crippen LogP contribution in [-0.4, -0.2) is 15.0 Å². The fourth-order valence-corrected chi connectivity index (χ4v) is 9.55. The van der Waals surface area contributed by atoms with Gasteiger partial charge in [0, 0.05) is 22.1 Å². The van der Waals surface area contributed by atoms with Crippen molar-refractivity contribution in [2.75, 3.05) is 0 Å². The van der Waals surface area contributed by atoms with Crippen LogP contribution in [0.5, 0.6) is 0 Å². The Balaban J connectivity index is 1.18. The molecule has 8 aromatic carbocycles. The summed E-state index contributed by atoms with van der Waals surface area (Å²) in [7, 11) is 0. The summed E-state index contributed by atoms with van der Waals surface area (Å²) in [5.41, 5.74) is 13.6. The van der Waals surface area contributed by atoms with Gasteiger partial charge in [-0.25, -0.2) is 15.0 Å². The van der Waals surface area contributed by atoms with Crippen molar-refractivity contribution < 1.29 is 0 Å². The van der Waals surface area contributed by atoms with Crippen molar-refractivity contribution in [1.82, 2.24) is 15.0 Å². The lowest BCUT2D eigenvalue weighted by Gasteiger charge is -2.21. The highest BCUT2D eigenvalue weighted by Crippen LogP contribution is 2.52. The van der Waals surface area contributed by atoms with Crippen LogP contribution >= 0.6 is 0 Å². The maximum atomic E-state index is 5.42. The highest BCUT2D eigenvalue weighted by Gasteiger charge is 2.36. The molecule has 0 fully saturated rings. The zero-order valence-electron chi connectivity index (χ0n) is 33.7. The van der Waals surface area contributed by atoms with Gasteiger partial charge in [0.1, 0.15) is 0 Å². The summed E-state index contributed by atoms with van der Waals surface area (Å²) in [4.78, 5) is 16.2. The molecule has 11 rings (SSSR count). The Kier molecular flexibility index (Phi) is 8.38. The Morgan fingerprint density at radius 1 is 0.483 bits per heavy atom. The molecular weight excluding hydrogens is 727 g/mol. The molecule has 0 spiro atoms. The molecule has 2 aliphatic carbocycles. The molecule has 0 saturated heterocycles. The van der Waals surface area contributed by atoms with Crippen molar-refractivity contribution in [2.24, 2.45) is 0 Å². The largest absolute Gasteiger partial charge is 0.208 e. The Labute approximate surface area is 350 Å². The maximum Gasteiger partial charge on any atom is 0.164 e. The molecule has 3 heteroatoms. The molecule has 1 heterocycles. The average molecular weight is 768 g/mol. The van der Waals surface area contributed by atoms with Crippen LogP contribution in [0.15, 0.2) is 194 Å². The van der Waals surface area contributed by atoms with E-state index in [2.05, 4.69) is 202 Å². The summed E-state index contributed by atoms with van der Waals surface area (Å²) in [5, 5.41) is 6.82. The summed E-state index contributed by atoms with van der Waals surface area (Å²) in [6, 6.07) is 56.7. The Bertz CT molecular complexity index is 3340. The number of hydrogen-bond donors (Lipinski definition) is 0. The number of hydrogen-bond acceptors (Lipinski definition) is 3. The van der Waals surface area contributed by atoms with Gasteiger partial charge in [-0.05, 0) is 101 Å². The second-order valence-corrected chi connectivity index (χ2v) is 16.4. The smallest absolute Gasteiger partial charge is 0.164 e. The summed E-state index contributed by atoms with van der Waals surface area (Å²) in [6.45, 7) is 9.25. The minimum atomic E-state index is -0.0951. The van der Waals surface area contributed by atoms with Crippen molar-refractivity contribution in [3.8, 4) is 45.0 Å². The van der Waals surface area contributed by atoms with Crippen LogP contribution in [0.1, 0.15) is 41.9 Å². The molecular formula is C57H41N3. The van der Waals surface area contributed by atoms with E-state index in [1.165, 1.54) is 44.3 Å². The first-order valence-corrected chi connectivity index (χ1v) is 20.7. The molecule has 0 saturated carbocycles. The lowest BCUT2D eigenvalue weighted by Crippen LogP contribution is -2.14. The normalized spacial score (nSPS) is 16.2. The Hall–Kier alpha value is -7.49.